The number of hydrogen-bond donors (Lipinski definition) is 1. The highest BCUT2D eigenvalue weighted by molar-refractivity contribution is 9.13. The molecule has 0 aliphatic carbocycles. The van der Waals surface area contributed by atoms with E-state index in [2.05, 4.69) is 41.9 Å². The molecule has 0 amide bonds. The van der Waals surface area contributed by atoms with Crippen molar-refractivity contribution in [3.8, 4) is 5.75 Å². The average molecular weight is 445 g/mol. The van der Waals surface area contributed by atoms with Gasteiger partial charge in [-0.2, -0.15) is 0 Å². The highest BCUT2D eigenvalue weighted by atomic mass is 79.9. The predicted molar refractivity (Wildman–Crippen MR) is 83.7 cm³/mol. The first kappa shape index (κ1) is 16.8. The van der Waals surface area contributed by atoms with E-state index >= 15 is 0 Å². The van der Waals surface area contributed by atoms with Crippen molar-refractivity contribution < 1.29 is 17.9 Å². The number of ether oxygens (including phenoxy) is 1. The first-order chi connectivity index (χ1) is 9.81. The van der Waals surface area contributed by atoms with Crippen molar-refractivity contribution in [2.24, 2.45) is 0 Å². The van der Waals surface area contributed by atoms with Crippen LogP contribution in [0, 0.1) is 0 Å². The lowest BCUT2D eigenvalue weighted by Crippen LogP contribution is -2.22. The van der Waals surface area contributed by atoms with Crippen LogP contribution in [0.4, 0.5) is 13.2 Å². The topological polar surface area (TPSA) is 21.3 Å². The van der Waals surface area contributed by atoms with Gasteiger partial charge >= 0.3 is 6.36 Å². The Kier molecular flexibility index (Phi) is 5.34. The molecule has 1 aromatic heterocycles. The fourth-order valence-corrected chi connectivity index (χ4v) is 4.11. The molecular weight excluding hydrogens is 435 g/mol. The highest BCUT2D eigenvalue weighted by Gasteiger charge is 2.33. The zero-order chi connectivity index (χ0) is 15.6. The summed E-state index contributed by atoms with van der Waals surface area (Å²) in [5.41, 5.74) is 0.429. The van der Waals surface area contributed by atoms with E-state index in [9.17, 15) is 13.2 Å². The lowest BCUT2D eigenvalue weighted by Gasteiger charge is -2.19. The van der Waals surface area contributed by atoms with Gasteiger partial charge in [0.05, 0.1) is 9.83 Å². The molecular formula is C13H10Br2F3NOS. The maximum Gasteiger partial charge on any atom is 0.573 e. The Morgan fingerprint density at radius 3 is 2.43 bits per heavy atom. The monoisotopic (exact) mass is 443 g/mol. The van der Waals surface area contributed by atoms with E-state index in [4.69, 9.17) is 0 Å². The van der Waals surface area contributed by atoms with Crippen molar-refractivity contribution in [3.05, 3.63) is 49.0 Å². The van der Waals surface area contributed by atoms with E-state index in [1.54, 1.807) is 19.2 Å². The molecule has 8 heteroatoms. The summed E-state index contributed by atoms with van der Waals surface area (Å²) in [7, 11) is 1.69. The van der Waals surface area contributed by atoms with E-state index in [-0.39, 0.29) is 5.75 Å². The number of thiophene rings is 1. The largest absolute Gasteiger partial charge is 0.573 e. The molecule has 1 unspecified atom stereocenters. The number of alkyl halides is 3. The third kappa shape index (κ3) is 4.21. The van der Waals surface area contributed by atoms with Crippen LogP contribution in [-0.4, -0.2) is 13.4 Å². The van der Waals surface area contributed by atoms with Crippen LogP contribution >= 0.6 is 43.2 Å². The van der Waals surface area contributed by atoms with Crippen LogP contribution in [0.1, 0.15) is 16.5 Å². The van der Waals surface area contributed by atoms with E-state index in [1.165, 1.54) is 23.5 Å². The second kappa shape index (κ2) is 6.68. The molecule has 0 spiro atoms. The molecule has 0 radical (unpaired) electrons. The molecule has 0 saturated carbocycles. The molecule has 1 N–H and O–H groups in total. The fraction of sp³-hybridized carbons (Fsp3) is 0.231. The van der Waals surface area contributed by atoms with Gasteiger partial charge in [-0.15, -0.1) is 24.5 Å². The molecule has 21 heavy (non-hydrogen) atoms. The van der Waals surface area contributed by atoms with Gasteiger partial charge in [-0.1, -0.05) is 18.2 Å². The molecule has 0 aliphatic rings. The number of rotatable bonds is 4. The van der Waals surface area contributed by atoms with E-state index in [1.807, 2.05) is 6.07 Å². The lowest BCUT2D eigenvalue weighted by molar-refractivity contribution is -0.275. The van der Waals surface area contributed by atoms with Gasteiger partial charge in [-0.25, -0.2) is 0 Å². The molecule has 114 valence electrons. The predicted octanol–water partition coefficient (Wildman–Crippen LogP) is 5.48. The second-order valence-corrected chi connectivity index (χ2v) is 7.33. The van der Waals surface area contributed by atoms with Gasteiger partial charge in [0.15, 0.2) is 0 Å². The summed E-state index contributed by atoms with van der Waals surface area (Å²) in [4.78, 5) is 0.870. The molecule has 0 aliphatic heterocycles. The molecule has 0 bridgehead atoms. The summed E-state index contributed by atoms with van der Waals surface area (Å²) in [5, 5.41) is 3.02. The van der Waals surface area contributed by atoms with Crippen molar-refractivity contribution in [1.29, 1.82) is 0 Å². The normalized spacial score (nSPS) is 13.2. The molecule has 1 atom stereocenters. The molecule has 2 nitrogen and oxygen atoms in total. The summed E-state index contributed by atoms with van der Waals surface area (Å²) >= 11 is 8.20. The Hall–Kier alpha value is -0.570. The Morgan fingerprint density at radius 1 is 1.24 bits per heavy atom. The second-order valence-electron chi connectivity index (χ2n) is 4.08. The van der Waals surface area contributed by atoms with Crippen LogP contribution in [0.3, 0.4) is 0 Å². The molecule has 2 aromatic rings. The SMILES string of the molecule is CNC(c1cc(Br)c(Br)s1)c1ccccc1OC(F)(F)F. The third-order valence-corrected chi connectivity index (χ3v) is 6.01. The zero-order valence-electron chi connectivity index (χ0n) is 10.7. The summed E-state index contributed by atoms with van der Waals surface area (Å²) in [5.74, 6) is -0.204. The molecule has 0 fully saturated rings. The highest BCUT2D eigenvalue weighted by Crippen LogP contribution is 2.40. The third-order valence-electron chi connectivity index (χ3n) is 2.69. The average Bonchev–Trinajstić information content (AvgIpc) is 2.70. The van der Waals surface area contributed by atoms with Gasteiger partial charge in [0.1, 0.15) is 5.75 Å². The van der Waals surface area contributed by atoms with Crippen molar-refractivity contribution in [3.63, 3.8) is 0 Å². The molecule has 2 rings (SSSR count). The van der Waals surface area contributed by atoms with Gasteiger partial charge in [0.2, 0.25) is 0 Å². The minimum absolute atomic E-state index is 0.204. The number of nitrogens with one attached hydrogen (secondary N) is 1. The molecule has 1 aromatic carbocycles. The van der Waals surface area contributed by atoms with Gasteiger partial charge in [-0.3, -0.25) is 0 Å². The van der Waals surface area contributed by atoms with Gasteiger partial charge in [0, 0.05) is 14.9 Å². The maximum atomic E-state index is 12.5. The van der Waals surface area contributed by atoms with E-state index in [0.717, 1.165) is 13.1 Å². The van der Waals surface area contributed by atoms with Crippen LogP contribution in [0.5, 0.6) is 5.75 Å². The number of benzene rings is 1. The van der Waals surface area contributed by atoms with Crippen LogP contribution in [0.2, 0.25) is 0 Å². The van der Waals surface area contributed by atoms with Gasteiger partial charge in [-0.05, 0) is 51.0 Å². The standard InChI is InChI=1S/C13H10Br2F3NOS/c1-19-11(10-6-8(14)12(15)21-10)7-4-2-3-5-9(7)20-13(16,17)18/h2-6,11,19H,1H3. The minimum atomic E-state index is -4.72. The smallest absolute Gasteiger partial charge is 0.405 e. The van der Waals surface area contributed by atoms with Crippen LogP contribution in [-0.2, 0) is 0 Å². The molecule has 0 saturated heterocycles. The van der Waals surface area contributed by atoms with E-state index in [0.29, 0.717) is 5.56 Å². The first-order valence-electron chi connectivity index (χ1n) is 5.78. The number of para-hydroxylation sites is 1. The number of hydrogen-bond acceptors (Lipinski definition) is 3. The number of halogens is 5. The quantitative estimate of drug-likeness (QED) is 0.674. The van der Waals surface area contributed by atoms with Gasteiger partial charge < -0.3 is 10.1 Å². The zero-order valence-corrected chi connectivity index (χ0v) is 14.7. The van der Waals surface area contributed by atoms with Crippen molar-refractivity contribution in [1.82, 2.24) is 5.32 Å². The Bertz CT molecular complexity index is 611. The Morgan fingerprint density at radius 2 is 1.90 bits per heavy atom. The molecule has 1 heterocycles. The van der Waals surface area contributed by atoms with Crippen LogP contribution in [0.15, 0.2) is 38.6 Å². The fourth-order valence-electron chi connectivity index (χ4n) is 1.89. The lowest BCUT2D eigenvalue weighted by atomic mass is 10.0. The maximum absolute atomic E-state index is 12.5. The minimum Gasteiger partial charge on any atom is -0.405 e. The van der Waals surface area contributed by atoms with E-state index < -0.39 is 12.4 Å². The van der Waals surface area contributed by atoms with Gasteiger partial charge in [0.25, 0.3) is 0 Å². The van der Waals surface area contributed by atoms with Crippen molar-refractivity contribution in [2.45, 2.75) is 12.4 Å². The van der Waals surface area contributed by atoms with Crippen LogP contribution < -0.4 is 10.1 Å². The van der Waals surface area contributed by atoms with Crippen LogP contribution in [0.25, 0.3) is 0 Å². The summed E-state index contributed by atoms with van der Waals surface area (Å²) < 4.78 is 43.4. The first-order valence-corrected chi connectivity index (χ1v) is 8.18. The summed E-state index contributed by atoms with van der Waals surface area (Å²) in [6, 6.07) is 7.59. The summed E-state index contributed by atoms with van der Waals surface area (Å²) in [6.07, 6.45) is -4.72. The Balaban J connectivity index is 2.43. The van der Waals surface area contributed by atoms with Crippen molar-refractivity contribution in [2.75, 3.05) is 7.05 Å². The van der Waals surface area contributed by atoms with Crippen molar-refractivity contribution >= 4 is 43.2 Å². The summed E-state index contributed by atoms with van der Waals surface area (Å²) in [6.45, 7) is 0. The Labute approximate surface area is 140 Å².